The molecule has 0 bridgehead atoms. The molecular formula is C14H16N4O2. The number of hydrogen-bond donors (Lipinski definition) is 2. The quantitative estimate of drug-likeness (QED) is 0.895. The Hall–Kier alpha value is -2.21. The summed E-state index contributed by atoms with van der Waals surface area (Å²) in [6.45, 7) is 1.56. The highest BCUT2D eigenvalue weighted by atomic mass is 16.5. The van der Waals surface area contributed by atoms with Gasteiger partial charge in [0.05, 0.1) is 5.56 Å². The molecule has 6 nitrogen and oxygen atoms in total. The van der Waals surface area contributed by atoms with Gasteiger partial charge in [0.2, 0.25) is 0 Å². The first-order chi connectivity index (χ1) is 9.83. The van der Waals surface area contributed by atoms with E-state index >= 15 is 0 Å². The van der Waals surface area contributed by atoms with Crippen LogP contribution in [0.2, 0.25) is 0 Å². The average molecular weight is 272 g/mol. The van der Waals surface area contributed by atoms with Gasteiger partial charge in [-0.1, -0.05) is 0 Å². The van der Waals surface area contributed by atoms with E-state index in [9.17, 15) is 4.79 Å². The maximum Gasteiger partial charge on any atom is 0.258 e. The van der Waals surface area contributed by atoms with E-state index in [0.29, 0.717) is 17.3 Å². The number of nitrogens with zero attached hydrogens (tertiary/aromatic N) is 2. The monoisotopic (exact) mass is 272 g/mol. The number of aromatic nitrogens is 3. The third-order valence-electron chi connectivity index (χ3n) is 3.42. The molecule has 6 heteroatoms. The molecule has 1 aliphatic heterocycles. The van der Waals surface area contributed by atoms with E-state index < -0.39 is 0 Å². The van der Waals surface area contributed by atoms with Crippen molar-refractivity contribution in [2.75, 3.05) is 18.5 Å². The van der Waals surface area contributed by atoms with Crippen molar-refractivity contribution in [3.8, 4) is 0 Å². The fourth-order valence-corrected chi connectivity index (χ4v) is 2.30. The lowest BCUT2D eigenvalue weighted by atomic mass is 9.97. The van der Waals surface area contributed by atoms with Crippen molar-refractivity contribution in [2.24, 2.45) is 0 Å². The van der Waals surface area contributed by atoms with Gasteiger partial charge in [0.15, 0.2) is 5.82 Å². The number of aromatic amines is 1. The van der Waals surface area contributed by atoms with Gasteiger partial charge in [-0.05, 0) is 25.0 Å². The van der Waals surface area contributed by atoms with Crippen LogP contribution in [0.25, 0.3) is 0 Å². The minimum absolute atomic E-state index is 0.205. The topological polar surface area (TPSA) is 79.9 Å². The summed E-state index contributed by atoms with van der Waals surface area (Å²) >= 11 is 0. The van der Waals surface area contributed by atoms with Crippen LogP contribution in [0.1, 0.15) is 34.8 Å². The average Bonchev–Trinajstić information content (AvgIpc) is 2.97. The van der Waals surface area contributed by atoms with Crippen molar-refractivity contribution in [1.82, 2.24) is 15.2 Å². The van der Waals surface area contributed by atoms with Gasteiger partial charge in [0, 0.05) is 43.3 Å². The molecule has 1 aliphatic rings. The van der Waals surface area contributed by atoms with Gasteiger partial charge < -0.3 is 10.1 Å². The van der Waals surface area contributed by atoms with Crippen LogP contribution in [0.4, 0.5) is 5.82 Å². The molecule has 2 N–H and O–H groups in total. The van der Waals surface area contributed by atoms with Crippen molar-refractivity contribution >= 4 is 11.7 Å². The summed E-state index contributed by atoms with van der Waals surface area (Å²) in [6.07, 6.45) is 5.13. The number of amides is 1. The second-order valence-corrected chi connectivity index (χ2v) is 4.79. The predicted octanol–water partition coefficient (Wildman–Crippen LogP) is 1.95. The maximum atomic E-state index is 12.0. The van der Waals surface area contributed by atoms with E-state index in [0.717, 1.165) is 31.7 Å². The van der Waals surface area contributed by atoms with E-state index in [1.54, 1.807) is 18.3 Å². The van der Waals surface area contributed by atoms with E-state index in [4.69, 9.17) is 4.74 Å². The zero-order valence-electron chi connectivity index (χ0n) is 11.0. The van der Waals surface area contributed by atoms with Crippen molar-refractivity contribution in [3.05, 3.63) is 41.9 Å². The molecule has 1 saturated heterocycles. The largest absolute Gasteiger partial charge is 0.381 e. The molecule has 104 valence electrons. The van der Waals surface area contributed by atoms with Crippen LogP contribution in [0, 0.1) is 0 Å². The van der Waals surface area contributed by atoms with Gasteiger partial charge in [-0.15, -0.1) is 0 Å². The molecule has 0 unspecified atom stereocenters. The fourth-order valence-electron chi connectivity index (χ4n) is 2.30. The SMILES string of the molecule is O=C(Nc1cc(C2CCOCC2)[nH]n1)c1cccnc1. The molecule has 1 amide bonds. The summed E-state index contributed by atoms with van der Waals surface area (Å²) in [5.74, 6) is 0.767. The number of nitrogens with one attached hydrogen (secondary N) is 2. The van der Waals surface area contributed by atoms with E-state index in [1.807, 2.05) is 6.07 Å². The first-order valence-corrected chi connectivity index (χ1v) is 6.67. The Morgan fingerprint density at radius 1 is 1.40 bits per heavy atom. The third kappa shape index (κ3) is 2.85. The lowest BCUT2D eigenvalue weighted by Crippen LogP contribution is -2.14. The maximum absolute atomic E-state index is 12.0. The van der Waals surface area contributed by atoms with Crippen LogP contribution >= 0.6 is 0 Å². The predicted molar refractivity (Wildman–Crippen MR) is 73.6 cm³/mol. The molecule has 0 aromatic carbocycles. The molecule has 0 saturated carbocycles. The minimum Gasteiger partial charge on any atom is -0.381 e. The standard InChI is InChI=1S/C14H16N4O2/c19-14(11-2-1-5-15-9-11)16-13-8-12(17-18-13)10-3-6-20-7-4-10/h1-2,5,8-10H,3-4,6-7H2,(H2,16,17,18,19). The Balaban J connectivity index is 1.66. The lowest BCUT2D eigenvalue weighted by molar-refractivity contribution is 0.0845. The Kier molecular flexibility index (Phi) is 3.73. The summed E-state index contributed by atoms with van der Waals surface area (Å²) in [5.41, 5.74) is 1.57. The Morgan fingerprint density at radius 2 is 2.25 bits per heavy atom. The molecule has 3 rings (SSSR count). The number of anilines is 1. The van der Waals surface area contributed by atoms with Crippen LogP contribution in [0.3, 0.4) is 0 Å². The van der Waals surface area contributed by atoms with Crippen LogP contribution in [0.15, 0.2) is 30.6 Å². The molecule has 2 aromatic rings. The van der Waals surface area contributed by atoms with Crippen molar-refractivity contribution in [3.63, 3.8) is 0 Å². The Morgan fingerprint density at radius 3 is 3.00 bits per heavy atom. The second-order valence-electron chi connectivity index (χ2n) is 4.79. The Labute approximate surface area is 116 Å². The molecule has 0 aliphatic carbocycles. The van der Waals surface area contributed by atoms with E-state index in [2.05, 4.69) is 20.5 Å². The summed E-state index contributed by atoms with van der Waals surface area (Å²) < 4.78 is 5.34. The van der Waals surface area contributed by atoms with Gasteiger partial charge in [-0.25, -0.2) is 0 Å². The number of rotatable bonds is 3. The molecule has 0 atom stereocenters. The number of H-pyrrole nitrogens is 1. The number of carbonyl (C=O) groups is 1. The molecule has 1 fully saturated rings. The fraction of sp³-hybridized carbons (Fsp3) is 0.357. The van der Waals surface area contributed by atoms with E-state index in [1.165, 1.54) is 6.20 Å². The second kappa shape index (κ2) is 5.83. The number of ether oxygens (including phenoxy) is 1. The summed E-state index contributed by atoms with van der Waals surface area (Å²) in [5, 5.41) is 9.90. The number of hydrogen-bond acceptors (Lipinski definition) is 4. The zero-order chi connectivity index (χ0) is 13.8. The summed E-state index contributed by atoms with van der Waals surface area (Å²) in [4.78, 5) is 15.9. The summed E-state index contributed by atoms with van der Waals surface area (Å²) in [6, 6.07) is 5.34. The highest BCUT2D eigenvalue weighted by molar-refractivity contribution is 6.03. The first-order valence-electron chi connectivity index (χ1n) is 6.67. The van der Waals surface area contributed by atoms with Gasteiger partial charge >= 0.3 is 0 Å². The van der Waals surface area contributed by atoms with Gasteiger partial charge in [0.1, 0.15) is 0 Å². The lowest BCUT2D eigenvalue weighted by Gasteiger charge is -2.20. The first kappa shape index (κ1) is 12.8. The number of carbonyl (C=O) groups excluding carboxylic acids is 1. The molecule has 3 heterocycles. The molecular weight excluding hydrogens is 256 g/mol. The van der Waals surface area contributed by atoms with Gasteiger partial charge in [-0.3, -0.25) is 14.9 Å². The molecule has 2 aromatic heterocycles. The van der Waals surface area contributed by atoms with Crippen molar-refractivity contribution in [2.45, 2.75) is 18.8 Å². The highest BCUT2D eigenvalue weighted by Crippen LogP contribution is 2.26. The number of pyridine rings is 1. The zero-order valence-corrected chi connectivity index (χ0v) is 11.0. The van der Waals surface area contributed by atoms with Crippen LogP contribution < -0.4 is 5.32 Å². The van der Waals surface area contributed by atoms with Crippen molar-refractivity contribution in [1.29, 1.82) is 0 Å². The van der Waals surface area contributed by atoms with Crippen molar-refractivity contribution < 1.29 is 9.53 Å². The van der Waals surface area contributed by atoms with Crippen LogP contribution in [-0.2, 0) is 4.74 Å². The summed E-state index contributed by atoms with van der Waals surface area (Å²) in [7, 11) is 0. The van der Waals surface area contributed by atoms with Crippen LogP contribution in [0.5, 0.6) is 0 Å². The smallest absolute Gasteiger partial charge is 0.258 e. The van der Waals surface area contributed by atoms with Gasteiger partial charge in [0.25, 0.3) is 5.91 Å². The van der Waals surface area contributed by atoms with E-state index in [-0.39, 0.29) is 5.91 Å². The highest BCUT2D eigenvalue weighted by Gasteiger charge is 2.18. The minimum atomic E-state index is -0.205. The molecule has 0 spiro atoms. The molecule has 0 radical (unpaired) electrons. The molecule has 20 heavy (non-hydrogen) atoms. The Bertz CT molecular complexity index is 576. The van der Waals surface area contributed by atoms with Gasteiger partial charge in [-0.2, -0.15) is 5.10 Å². The third-order valence-corrected chi connectivity index (χ3v) is 3.42. The van der Waals surface area contributed by atoms with Crippen LogP contribution in [-0.4, -0.2) is 34.3 Å². The normalized spacial score (nSPS) is 16.0.